The SMILES string of the molecule is CC/C=C\C/C=C\C/C=C\C/C=C\C/C=C\C/C=C\CCCCCCCCCCCCC(=O)OCC(COC(=O)CCCCCCCCC)OC(=O)CCCCCCCCCCCCCC. The van der Waals surface area contributed by atoms with Gasteiger partial charge in [-0.25, -0.2) is 0 Å². The van der Waals surface area contributed by atoms with E-state index in [2.05, 4.69) is 93.7 Å². The molecule has 0 rings (SSSR count). The highest BCUT2D eigenvalue weighted by atomic mass is 16.6. The van der Waals surface area contributed by atoms with Crippen molar-refractivity contribution in [3.8, 4) is 0 Å². The van der Waals surface area contributed by atoms with Crippen LogP contribution >= 0.6 is 0 Å². The molecule has 0 amide bonds. The third-order valence-corrected chi connectivity index (χ3v) is 12.0. The lowest BCUT2D eigenvalue weighted by Gasteiger charge is -2.18. The van der Waals surface area contributed by atoms with E-state index in [1.165, 1.54) is 135 Å². The highest BCUT2D eigenvalue weighted by Gasteiger charge is 2.19. The van der Waals surface area contributed by atoms with Gasteiger partial charge in [0, 0.05) is 19.3 Å². The minimum absolute atomic E-state index is 0.0731. The number of hydrogen-bond donors (Lipinski definition) is 0. The van der Waals surface area contributed by atoms with Gasteiger partial charge >= 0.3 is 17.9 Å². The molecule has 380 valence electrons. The minimum atomic E-state index is -0.770. The third kappa shape index (κ3) is 51.8. The molecule has 6 heteroatoms. The number of unbranched alkanes of at least 4 members (excludes halogenated alkanes) is 27. The van der Waals surface area contributed by atoms with E-state index < -0.39 is 6.10 Å². The van der Waals surface area contributed by atoms with Crippen LogP contribution in [0, 0.1) is 0 Å². The third-order valence-electron chi connectivity index (χ3n) is 12.0. The second kappa shape index (κ2) is 54.5. The number of rotatable bonds is 50. The molecule has 0 fully saturated rings. The molecule has 0 aromatic carbocycles. The highest BCUT2D eigenvalue weighted by molar-refractivity contribution is 5.71. The summed E-state index contributed by atoms with van der Waals surface area (Å²) in [5, 5.41) is 0. The molecule has 0 radical (unpaired) electrons. The number of esters is 3. The second-order valence-electron chi connectivity index (χ2n) is 18.5. The Morgan fingerprint density at radius 1 is 0.318 bits per heavy atom. The molecule has 0 N–H and O–H groups in total. The van der Waals surface area contributed by atoms with Crippen LogP contribution in [0.2, 0.25) is 0 Å². The molecule has 0 aromatic heterocycles. The molecule has 66 heavy (non-hydrogen) atoms. The first-order valence-electron chi connectivity index (χ1n) is 27.9. The van der Waals surface area contributed by atoms with Crippen LogP contribution in [-0.4, -0.2) is 37.2 Å². The maximum atomic E-state index is 12.7. The summed E-state index contributed by atoms with van der Waals surface area (Å²) in [6, 6.07) is 0. The second-order valence-corrected chi connectivity index (χ2v) is 18.5. The van der Waals surface area contributed by atoms with E-state index in [0.29, 0.717) is 19.3 Å². The maximum Gasteiger partial charge on any atom is 0.306 e. The van der Waals surface area contributed by atoms with Crippen molar-refractivity contribution < 1.29 is 28.6 Å². The van der Waals surface area contributed by atoms with Crippen LogP contribution in [0.3, 0.4) is 0 Å². The number of ether oxygens (including phenoxy) is 3. The Morgan fingerprint density at radius 3 is 0.924 bits per heavy atom. The van der Waals surface area contributed by atoms with Gasteiger partial charge in [0.25, 0.3) is 0 Å². The largest absolute Gasteiger partial charge is 0.462 e. The summed E-state index contributed by atoms with van der Waals surface area (Å²) in [6.07, 6.45) is 69.2. The molecule has 0 aromatic rings. The van der Waals surface area contributed by atoms with Gasteiger partial charge < -0.3 is 14.2 Å². The molecular weight excluding hydrogens is 817 g/mol. The van der Waals surface area contributed by atoms with Gasteiger partial charge in [0.2, 0.25) is 0 Å². The molecule has 6 nitrogen and oxygen atoms in total. The van der Waals surface area contributed by atoms with Crippen LogP contribution in [-0.2, 0) is 28.6 Å². The van der Waals surface area contributed by atoms with Crippen molar-refractivity contribution in [1.82, 2.24) is 0 Å². The van der Waals surface area contributed by atoms with Crippen molar-refractivity contribution in [2.45, 2.75) is 277 Å². The van der Waals surface area contributed by atoms with Crippen LogP contribution in [0.5, 0.6) is 0 Å². The molecule has 0 heterocycles. The Labute approximate surface area is 408 Å². The van der Waals surface area contributed by atoms with Gasteiger partial charge in [-0.15, -0.1) is 0 Å². The van der Waals surface area contributed by atoms with E-state index in [-0.39, 0.29) is 31.1 Å². The molecule has 0 spiro atoms. The van der Waals surface area contributed by atoms with Gasteiger partial charge in [-0.1, -0.05) is 254 Å². The van der Waals surface area contributed by atoms with Gasteiger partial charge in [-0.2, -0.15) is 0 Å². The Balaban J connectivity index is 4.10. The Hall–Kier alpha value is -3.15. The average molecular weight is 921 g/mol. The lowest BCUT2D eigenvalue weighted by molar-refractivity contribution is -0.167. The zero-order valence-corrected chi connectivity index (χ0v) is 43.4. The summed E-state index contributed by atoms with van der Waals surface area (Å²) >= 11 is 0. The zero-order valence-electron chi connectivity index (χ0n) is 43.4. The molecule has 0 aliphatic carbocycles. The van der Waals surface area contributed by atoms with Crippen molar-refractivity contribution >= 4 is 17.9 Å². The predicted octanol–water partition coefficient (Wildman–Crippen LogP) is 18.6. The molecule has 0 saturated heterocycles. The molecular formula is C60H104O6. The molecule has 0 saturated carbocycles. The van der Waals surface area contributed by atoms with E-state index in [1.54, 1.807) is 0 Å². The molecule has 0 aliphatic heterocycles. The molecule has 0 aliphatic rings. The van der Waals surface area contributed by atoms with Crippen molar-refractivity contribution in [1.29, 1.82) is 0 Å². The summed E-state index contributed by atoms with van der Waals surface area (Å²) < 4.78 is 16.7. The molecule has 0 bridgehead atoms. The van der Waals surface area contributed by atoms with Crippen molar-refractivity contribution in [2.24, 2.45) is 0 Å². The first kappa shape index (κ1) is 62.8. The van der Waals surface area contributed by atoms with Crippen molar-refractivity contribution in [3.63, 3.8) is 0 Å². The lowest BCUT2D eigenvalue weighted by atomic mass is 10.0. The zero-order chi connectivity index (χ0) is 47.9. The number of allylic oxidation sites excluding steroid dienone is 12. The molecule has 1 unspecified atom stereocenters. The fourth-order valence-corrected chi connectivity index (χ4v) is 7.80. The van der Waals surface area contributed by atoms with Crippen LogP contribution in [0.1, 0.15) is 271 Å². The summed E-state index contributed by atoms with van der Waals surface area (Å²) in [5.74, 6) is -0.878. The normalized spacial score (nSPS) is 12.6. The number of carbonyl (C=O) groups is 3. The Kier molecular flexibility index (Phi) is 51.9. The Morgan fingerprint density at radius 2 is 0.591 bits per heavy atom. The van der Waals surface area contributed by atoms with Crippen LogP contribution in [0.4, 0.5) is 0 Å². The van der Waals surface area contributed by atoms with Gasteiger partial charge in [0.15, 0.2) is 6.10 Å². The first-order chi connectivity index (χ1) is 32.5. The van der Waals surface area contributed by atoms with Crippen molar-refractivity contribution in [2.75, 3.05) is 13.2 Å². The number of hydrogen-bond acceptors (Lipinski definition) is 6. The minimum Gasteiger partial charge on any atom is -0.462 e. The highest BCUT2D eigenvalue weighted by Crippen LogP contribution is 2.15. The Bertz CT molecular complexity index is 1240. The van der Waals surface area contributed by atoms with Gasteiger partial charge in [-0.05, 0) is 70.6 Å². The van der Waals surface area contributed by atoms with E-state index >= 15 is 0 Å². The standard InChI is InChI=1S/C60H104O6/c1-4-7-10-13-16-18-20-22-23-24-25-26-27-28-29-30-31-32-33-34-35-36-37-38-40-41-44-47-50-53-59(62)65-56-57(55-64-58(61)52-49-46-43-15-12-9-6-3)66-60(63)54-51-48-45-42-39-21-19-17-14-11-8-5-2/h7,10,16,18,22-23,25-26,28-29,31-32,57H,4-6,8-9,11-15,17,19-21,24,27,30,33-56H2,1-3H3/b10-7-,18-16-,23-22-,26-25-,29-28-,32-31-. The predicted molar refractivity (Wildman–Crippen MR) is 284 cm³/mol. The van der Waals surface area contributed by atoms with Crippen LogP contribution in [0.15, 0.2) is 72.9 Å². The van der Waals surface area contributed by atoms with Crippen LogP contribution < -0.4 is 0 Å². The monoisotopic (exact) mass is 921 g/mol. The summed E-state index contributed by atoms with van der Waals surface area (Å²) in [4.78, 5) is 37.8. The molecule has 1 atom stereocenters. The first-order valence-corrected chi connectivity index (χ1v) is 27.9. The van der Waals surface area contributed by atoms with Crippen molar-refractivity contribution in [3.05, 3.63) is 72.9 Å². The fourth-order valence-electron chi connectivity index (χ4n) is 7.80. The fraction of sp³-hybridized carbons (Fsp3) is 0.750. The summed E-state index contributed by atoms with van der Waals surface area (Å²) in [7, 11) is 0. The van der Waals surface area contributed by atoms with Gasteiger partial charge in [0.1, 0.15) is 13.2 Å². The van der Waals surface area contributed by atoms with E-state index in [9.17, 15) is 14.4 Å². The van der Waals surface area contributed by atoms with Gasteiger partial charge in [0.05, 0.1) is 0 Å². The van der Waals surface area contributed by atoms with Gasteiger partial charge in [-0.3, -0.25) is 14.4 Å². The smallest absolute Gasteiger partial charge is 0.306 e. The van der Waals surface area contributed by atoms with Crippen LogP contribution in [0.25, 0.3) is 0 Å². The number of carbonyl (C=O) groups excluding carboxylic acids is 3. The maximum absolute atomic E-state index is 12.7. The quantitative estimate of drug-likeness (QED) is 0.0262. The average Bonchev–Trinajstić information content (AvgIpc) is 3.31. The summed E-state index contributed by atoms with van der Waals surface area (Å²) in [5.41, 5.74) is 0. The summed E-state index contributed by atoms with van der Waals surface area (Å²) in [6.45, 7) is 6.48. The van der Waals surface area contributed by atoms with E-state index in [0.717, 1.165) is 96.3 Å². The van der Waals surface area contributed by atoms with E-state index in [1.807, 2.05) is 0 Å². The topological polar surface area (TPSA) is 78.9 Å². The lowest BCUT2D eigenvalue weighted by Crippen LogP contribution is -2.30. The van der Waals surface area contributed by atoms with E-state index in [4.69, 9.17) is 14.2 Å².